The Morgan fingerprint density at radius 1 is 1.21 bits per heavy atom. The Hall–Kier alpha value is -3.33. The highest BCUT2D eigenvalue weighted by Gasteiger charge is 2.41. The van der Waals surface area contributed by atoms with E-state index >= 15 is 0 Å². The molecule has 2 aromatic heterocycles. The van der Waals surface area contributed by atoms with Crippen LogP contribution in [-0.4, -0.2) is 81.7 Å². The second-order valence-electron chi connectivity index (χ2n) is 9.35. The van der Waals surface area contributed by atoms with E-state index in [-0.39, 0.29) is 16.4 Å². The molecule has 1 aliphatic rings. The Balaban J connectivity index is 1.44. The molecule has 39 heavy (non-hydrogen) atoms. The standard InChI is InChI=1S/C25H32N6O6S2/c1-4-26-25-29-19(24(38-25)39(3,36)37)18-7-5-13-30(18)23(35)21(33)20(32)22(34)28-15(2)16-8-10-17(11-9-16)31-14-6-12-27-31/h6,8-12,14-15,18,20-21,32-33H,4-5,7,13H2,1-3H3,(H,26,29)(H,28,34)/t15-,18-,20-,21-/m1/s1. The van der Waals surface area contributed by atoms with E-state index in [1.165, 1.54) is 4.90 Å². The van der Waals surface area contributed by atoms with Crippen molar-refractivity contribution >= 4 is 38.1 Å². The molecule has 210 valence electrons. The van der Waals surface area contributed by atoms with Crippen molar-refractivity contribution in [2.75, 3.05) is 24.7 Å². The first kappa shape index (κ1) is 28.7. The van der Waals surface area contributed by atoms with Crippen LogP contribution in [0.1, 0.15) is 50.0 Å². The number of carbonyl (C=O) groups is 2. The van der Waals surface area contributed by atoms with Crippen molar-refractivity contribution in [1.82, 2.24) is 25.0 Å². The Morgan fingerprint density at radius 2 is 1.92 bits per heavy atom. The first-order chi connectivity index (χ1) is 18.5. The molecule has 12 nitrogen and oxygen atoms in total. The van der Waals surface area contributed by atoms with Crippen LogP contribution >= 0.6 is 11.3 Å². The third kappa shape index (κ3) is 6.30. The molecule has 2 amide bonds. The van der Waals surface area contributed by atoms with E-state index in [0.717, 1.165) is 28.8 Å². The number of aliphatic hydroxyl groups is 2. The number of rotatable bonds is 10. The summed E-state index contributed by atoms with van der Waals surface area (Å²) in [7, 11) is -3.63. The van der Waals surface area contributed by atoms with Crippen molar-refractivity contribution in [3.63, 3.8) is 0 Å². The zero-order valence-electron chi connectivity index (χ0n) is 21.8. The summed E-state index contributed by atoms with van der Waals surface area (Å²) in [5.41, 5.74) is 1.81. The molecule has 0 bridgehead atoms. The van der Waals surface area contributed by atoms with Crippen LogP contribution < -0.4 is 10.6 Å². The summed E-state index contributed by atoms with van der Waals surface area (Å²) in [6.07, 6.45) is 1.48. The van der Waals surface area contributed by atoms with E-state index in [9.17, 15) is 28.2 Å². The number of anilines is 1. The Labute approximate surface area is 230 Å². The van der Waals surface area contributed by atoms with Gasteiger partial charge in [0.2, 0.25) is 0 Å². The van der Waals surface area contributed by atoms with E-state index in [1.54, 1.807) is 42.2 Å². The first-order valence-corrected chi connectivity index (χ1v) is 15.2. The number of likely N-dealkylation sites (tertiary alicyclic amines) is 1. The zero-order chi connectivity index (χ0) is 28.3. The van der Waals surface area contributed by atoms with Crippen molar-refractivity contribution in [1.29, 1.82) is 0 Å². The summed E-state index contributed by atoms with van der Waals surface area (Å²) in [6, 6.07) is 7.85. The fourth-order valence-electron chi connectivity index (χ4n) is 4.50. The van der Waals surface area contributed by atoms with Crippen LogP contribution in [0.5, 0.6) is 0 Å². The van der Waals surface area contributed by atoms with Gasteiger partial charge in [-0.3, -0.25) is 9.59 Å². The minimum Gasteiger partial charge on any atom is -0.380 e. The van der Waals surface area contributed by atoms with Gasteiger partial charge in [-0.2, -0.15) is 5.10 Å². The molecule has 0 radical (unpaired) electrons. The van der Waals surface area contributed by atoms with Gasteiger partial charge in [-0.15, -0.1) is 0 Å². The van der Waals surface area contributed by atoms with Gasteiger partial charge in [-0.1, -0.05) is 23.5 Å². The van der Waals surface area contributed by atoms with Gasteiger partial charge in [0.15, 0.2) is 27.2 Å². The van der Waals surface area contributed by atoms with Gasteiger partial charge >= 0.3 is 0 Å². The Morgan fingerprint density at radius 3 is 2.54 bits per heavy atom. The predicted molar refractivity (Wildman–Crippen MR) is 145 cm³/mol. The number of sulfone groups is 1. The maximum Gasteiger partial charge on any atom is 0.255 e. The fraction of sp³-hybridized carbons (Fsp3) is 0.440. The van der Waals surface area contributed by atoms with Crippen molar-refractivity contribution in [3.05, 3.63) is 54.0 Å². The average Bonchev–Trinajstić information content (AvgIpc) is 3.68. The average molecular weight is 577 g/mol. The van der Waals surface area contributed by atoms with Gasteiger partial charge in [-0.05, 0) is 50.5 Å². The maximum absolute atomic E-state index is 13.2. The fourth-order valence-corrected chi connectivity index (χ4v) is 6.73. The van der Waals surface area contributed by atoms with Gasteiger partial charge in [-0.25, -0.2) is 18.1 Å². The second kappa shape index (κ2) is 11.8. The van der Waals surface area contributed by atoms with Gasteiger partial charge in [0, 0.05) is 31.7 Å². The molecule has 14 heteroatoms. The molecule has 1 fully saturated rings. The normalized spacial score (nSPS) is 18.0. The van der Waals surface area contributed by atoms with Gasteiger partial charge < -0.3 is 25.7 Å². The van der Waals surface area contributed by atoms with Crippen LogP contribution in [0, 0.1) is 0 Å². The molecule has 0 spiro atoms. The Bertz CT molecular complexity index is 1410. The molecular weight excluding hydrogens is 544 g/mol. The quantitative estimate of drug-likeness (QED) is 0.279. The van der Waals surface area contributed by atoms with Crippen molar-refractivity contribution < 1.29 is 28.2 Å². The molecule has 1 aromatic carbocycles. The second-order valence-corrected chi connectivity index (χ2v) is 12.6. The Kier molecular flexibility index (Phi) is 8.69. The monoisotopic (exact) mass is 576 g/mol. The predicted octanol–water partition coefficient (Wildman–Crippen LogP) is 1.43. The number of nitrogens with zero attached hydrogens (tertiary/aromatic N) is 4. The molecule has 1 saturated heterocycles. The molecule has 3 aromatic rings. The largest absolute Gasteiger partial charge is 0.380 e. The van der Waals surface area contributed by atoms with Crippen LogP contribution in [0.4, 0.5) is 5.13 Å². The lowest BCUT2D eigenvalue weighted by Crippen LogP contribution is -2.51. The smallest absolute Gasteiger partial charge is 0.255 e. The van der Waals surface area contributed by atoms with Gasteiger partial charge in [0.05, 0.1) is 23.5 Å². The number of carbonyl (C=O) groups excluding carboxylic acids is 2. The summed E-state index contributed by atoms with van der Waals surface area (Å²) in [4.78, 5) is 31.7. The third-order valence-electron chi connectivity index (χ3n) is 6.48. The molecule has 4 rings (SSSR count). The lowest BCUT2D eigenvalue weighted by molar-refractivity contribution is -0.154. The highest BCUT2D eigenvalue weighted by Crippen LogP contribution is 2.39. The highest BCUT2D eigenvalue weighted by atomic mass is 32.2. The van der Waals surface area contributed by atoms with E-state index < -0.39 is 45.9 Å². The lowest BCUT2D eigenvalue weighted by Gasteiger charge is -2.28. The number of thiazole rings is 1. The molecule has 0 saturated carbocycles. The minimum absolute atomic E-state index is 0.0448. The minimum atomic E-state index is -3.63. The van der Waals surface area contributed by atoms with Crippen molar-refractivity contribution in [2.24, 2.45) is 0 Å². The number of nitrogens with one attached hydrogen (secondary N) is 2. The van der Waals surface area contributed by atoms with E-state index in [1.807, 2.05) is 19.1 Å². The molecule has 0 aliphatic carbocycles. The van der Waals surface area contributed by atoms with Crippen LogP contribution in [-0.2, 0) is 19.4 Å². The molecule has 4 N–H and O–H groups in total. The number of amides is 2. The molecule has 4 atom stereocenters. The van der Waals surface area contributed by atoms with Crippen LogP contribution in [0.25, 0.3) is 5.69 Å². The SMILES string of the molecule is CCNc1nc([C@H]2CCCN2C(=O)[C@H](O)[C@@H](O)C(=O)N[C@H](C)c2ccc(-n3cccn3)cc2)c(S(C)(=O)=O)s1. The van der Waals surface area contributed by atoms with Crippen LogP contribution in [0.15, 0.2) is 46.9 Å². The maximum atomic E-state index is 13.2. The van der Waals surface area contributed by atoms with Gasteiger partial charge in [0.1, 0.15) is 4.21 Å². The molecule has 3 heterocycles. The van der Waals surface area contributed by atoms with Gasteiger partial charge in [0.25, 0.3) is 11.8 Å². The highest BCUT2D eigenvalue weighted by molar-refractivity contribution is 7.92. The van der Waals surface area contributed by atoms with Crippen LogP contribution in [0.3, 0.4) is 0 Å². The molecular formula is C25H32N6O6S2. The van der Waals surface area contributed by atoms with E-state index in [4.69, 9.17) is 0 Å². The first-order valence-electron chi connectivity index (χ1n) is 12.5. The van der Waals surface area contributed by atoms with E-state index in [2.05, 4.69) is 20.7 Å². The summed E-state index contributed by atoms with van der Waals surface area (Å²) >= 11 is 0.987. The number of hydrogen-bond acceptors (Lipinski definition) is 10. The number of aromatic nitrogens is 3. The summed E-state index contributed by atoms with van der Waals surface area (Å²) in [5.74, 6) is -1.77. The lowest BCUT2D eigenvalue weighted by atomic mass is 10.1. The third-order valence-corrected chi connectivity index (χ3v) is 9.34. The summed E-state index contributed by atoms with van der Waals surface area (Å²) in [6.45, 7) is 4.34. The van der Waals surface area contributed by atoms with E-state index in [0.29, 0.717) is 24.5 Å². The summed E-state index contributed by atoms with van der Waals surface area (Å²) < 4.78 is 26.6. The van der Waals surface area contributed by atoms with Crippen molar-refractivity contribution in [2.45, 2.75) is 55.2 Å². The summed E-state index contributed by atoms with van der Waals surface area (Å²) in [5, 5.41) is 31.4. The van der Waals surface area contributed by atoms with Crippen LogP contribution in [0.2, 0.25) is 0 Å². The molecule has 0 unspecified atom stereocenters. The number of benzene rings is 1. The number of hydrogen-bond donors (Lipinski definition) is 4. The zero-order valence-corrected chi connectivity index (χ0v) is 23.4. The number of aliphatic hydroxyl groups excluding tert-OH is 2. The topological polar surface area (TPSA) is 167 Å². The molecule has 1 aliphatic heterocycles. The van der Waals surface area contributed by atoms with Crippen molar-refractivity contribution in [3.8, 4) is 5.69 Å².